The highest BCUT2D eigenvalue weighted by Gasteiger charge is 2.51. The molecule has 0 radical (unpaired) electrons. The van der Waals surface area contributed by atoms with Crippen LogP contribution >= 0.6 is 0 Å². The molecule has 41 nitrogen and oxygen atoms in total. The zero-order valence-electron chi connectivity index (χ0n) is 29.2. The van der Waals surface area contributed by atoms with E-state index in [1.165, 1.54) is 0 Å². The maximum Gasteiger partial charge on any atom is 0.294 e. The molecule has 59 heavy (non-hydrogen) atoms. The first kappa shape index (κ1) is 53.2. The summed E-state index contributed by atoms with van der Waals surface area (Å²) >= 11 is 0. The first-order valence-electron chi connectivity index (χ1n) is 15.0. The van der Waals surface area contributed by atoms with Crippen LogP contribution in [0.2, 0.25) is 0 Å². The van der Waals surface area contributed by atoms with E-state index in [9.17, 15) is 95.9 Å². The third-order valence-corrected chi connectivity index (χ3v) is 5.81. The van der Waals surface area contributed by atoms with Crippen LogP contribution in [0.1, 0.15) is 26.2 Å². The minimum Gasteiger partial charge on any atom is -0.371 e. The van der Waals surface area contributed by atoms with Crippen LogP contribution in [0.4, 0.5) is 0 Å². The SMILES string of the molecule is CCCCCON=O.O=[N+]([O-])OCC(CO[N+](=O)[O-])O[N+](=O)[O-].O=[N+]([O-])OC[C@H](O[N+](=O)[O-])[C@@H](CO[N+](=O)[O-])O[N+](=O)[O-].O=[N+]([O-])O[C@H]1CO[C@H]2[C@@H]1OC[C@H]2O[N+](=O)[O-]. The molecule has 0 N–H and O–H groups in total. The van der Waals surface area contributed by atoms with Crippen molar-refractivity contribution in [3.63, 3.8) is 0 Å². The van der Waals surface area contributed by atoms with E-state index in [4.69, 9.17) is 9.47 Å². The first-order valence-corrected chi connectivity index (χ1v) is 15.0. The molecule has 2 fully saturated rings. The van der Waals surface area contributed by atoms with E-state index in [2.05, 4.69) is 60.6 Å². The van der Waals surface area contributed by atoms with Crippen molar-refractivity contribution >= 4 is 0 Å². The third-order valence-electron chi connectivity index (χ3n) is 5.81. The summed E-state index contributed by atoms with van der Waals surface area (Å²) in [6, 6.07) is 0. The highest BCUT2D eigenvalue weighted by Crippen LogP contribution is 2.30. The minimum atomic E-state index is -2.00. The van der Waals surface area contributed by atoms with Gasteiger partial charge in [-0.05, 0) is 6.42 Å². The Morgan fingerprint density at radius 1 is 0.525 bits per heavy atom. The quantitative estimate of drug-likeness (QED) is 0.0367. The molecule has 0 unspecified atom stereocenters. The van der Waals surface area contributed by atoms with E-state index in [1.807, 2.05) is 0 Å². The summed E-state index contributed by atoms with van der Waals surface area (Å²) in [5.41, 5.74) is 0. The van der Waals surface area contributed by atoms with Crippen molar-refractivity contribution in [2.45, 2.75) is 68.9 Å². The van der Waals surface area contributed by atoms with Gasteiger partial charge < -0.3 is 57.8 Å². The predicted octanol–water partition coefficient (Wildman–Crippen LogP) is -1.65. The van der Waals surface area contributed by atoms with Crippen LogP contribution in [0.3, 0.4) is 0 Å². The van der Waals surface area contributed by atoms with E-state index < -0.39 is 115 Å². The molecule has 2 aliphatic heterocycles. The van der Waals surface area contributed by atoms with E-state index >= 15 is 0 Å². The fourth-order valence-corrected chi connectivity index (χ4v) is 3.70. The van der Waals surface area contributed by atoms with Crippen LogP contribution in [0, 0.1) is 95.9 Å². The molecular formula is C18H30N10O31. The van der Waals surface area contributed by atoms with E-state index in [0.29, 0.717) is 6.61 Å². The number of ether oxygens (including phenoxy) is 2. The lowest BCUT2D eigenvalue weighted by atomic mass is 10.1. The average molecular weight is 882 g/mol. The van der Waals surface area contributed by atoms with Crippen LogP contribution in [0.5, 0.6) is 0 Å². The van der Waals surface area contributed by atoms with Gasteiger partial charge in [-0.1, -0.05) is 19.8 Å². The summed E-state index contributed by atoms with van der Waals surface area (Å²) in [7, 11) is 0. The highest BCUT2D eigenvalue weighted by molar-refractivity contribution is 4.95. The number of unbranched alkanes of at least 4 members (excludes halogenated alkanes) is 2. The summed E-state index contributed by atoms with van der Waals surface area (Å²) in [6.07, 6.45) is -5.48. The molecule has 0 saturated carbocycles. The van der Waals surface area contributed by atoms with Crippen LogP contribution < -0.4 is 0 Å². The Bertz CT molecular complexity index is 1290. The zero-order chi connectivity index (χ0) is 45.5. The highest BCUT2D eigenvalue weighted by atomic mass is 17.0. The summed E-state index contributed by atoms with van der Waals surface area (Å²) in [4.78, 5) is 138. The fourth-order valence-electron chi connectivity index (χ4n) is 3.70. The fraction of sp³-hybridized carbons (Fsp3) is 1.00. The maximum absolute atomic E-state index is 10.1. The molecule has 0 bridgehead atoms. The standard InChI is InChI=1S/C6H8N2O8.C5H11NO2.C4H6N4O12.C3H5N3O9/c9-7(10)15-3-1-13-6-4(16-8(11)12)2-14-5(3)6;1-2-3-4-5-8-6-7;9-5(10)17-1-3(19-7(13)14)4(20-8(15)16)2-18-6(11)12;7-4(8)13-1-3(15-6(11)12)2-14-5(9)10/h3-6H,1-2H2;2-5H2,1H3;3-4H,1-2H2;3H,1-2H2/t3-,4+,5-,6-;;3-,4+;/m1.../s1. The molecule has 0 aromatic rings. The first-order chi connectivity index (χ1) is 27.6. The van der Waals surface area contributed by atoms with Gasteiger partial charge in [0, 0.05) is 0 Å². The molecule has 338 valence electrons. The van der Waals surface area contributed by atoms with Gasteiger partial charge in [-0.25, -0.2) is 0 Å². The molecular weight excluding hydrogens is 852 g/mol. The number of nitrogens with zero attached hydrogens (tertiary/aromatic N) is 10. The van der Waals surface area contributed by atoms with Gasteiger partial charge in [0.15, 0.2) is 35.9 Å². The lowest BCUT2D eigenvalue weighted by Crippen LogP contribution is -2.42. The van der Waals surface area contributed by atoms with Gasteiger partial charge >= 0.3 is 0 Å². The molecule has 0 aromatic heterocycles. The maximum atomic E-state index is 10.1. The largest absolute Gasteiger partial charge is 0.371 e. The van der Waals surface area contributed by atoms with Crippen molar-refractivity contribution in [1.82, 2.24) is 0 Å². The third kappa shape index (κ3) is 29.1. The van der Waals surface area contributed by atoms with Crippen molar-refractivity contribution in [3.8, 4) is 0 Å². The van der Waals surface area contributed by atoms with Gasteiger partial charge in [0.25, 0.3) is 45.8 Å². The Labute approximate surface area is 320 Å². The molecule has 2 heterocycles. The second-order valence-electron chi connectivity index (χ2n) is 9.71. The smallest absolute Gasteiger partial charge is 0.294 e. The van der Waals surface area contributed by atoms with Gasteiger partial charge in [0.2, 0.25) is 0 Å². The Morgan fingerprint density at radius 3 is 1.17 bits per heavy atom. The van der Waals surface area contributed by atoms with Gasteiger partial charge in [-0.2, -0.15) is 0 Å². The van der Waals surface area contributed by atoms with Crippen molar-refractivity contribution in [2.75, 3.05) is 46.2 Å². The van der Waals surface area contributed by atoms with Crippen LogP contribution in [-0.2, 0) is 57.8 Å². The molecule has 2 aliphatic rings. The van der Waals surface area contributed by atoms with Crippen LogP contribution in [-0.4, -0.2) is 135 Å². The molecule has 0 aromatic carbocycles. The Kier molecular flexibility index (Phi) is 27.4. The van der Waals surface area contributed by atoms with E-state index in [0.717, 1.165) is 19.3 Å². The molecule has 0 amide bonds. The topological polar surface area (TPSA) is 528 Å². The zero-order valence-corrected chi connectivity index (χ0v) is 29.2. The molecule has 2 rings (SSSR count). The second kappa shape index (κ2) is 30.4. The average Bonchev–Trinajstić information content (AvgIpc) is 3.70. The van der Waals surface area contributed by atoms with Gasteiger partial charge in [0.1, 0.15) is 45.2 Å². The molecule has 2 saturated heterocycles. The van der Waals surface area contributed by atoms with Gasteiger partial charge in [-0.3, -0.25) is 0 Å². The number of hydrogen-bond acceptors (Lipinski definition) is 32. The minimum absolute atomic E-state index is 0.0477. The van der Waals surface area contributed by atoms with Crippen LogP contribution in [0.15, 0.2) is 5.34 Å². The number of hydrogen-bond donors (Lipinski definition) is 0. The molecule has 6 atom stereocenters. The lowest BCUT2D eigenvalue weighted by Gasteiger charge is -2.21. The van der Waals surface area contributed by atoms with Crippen molar-refractivity contribution in [3.05, 3.63) is 95.9 Å². The summed E-state index contributed by atoms with van der Waals surface area (Å²) < 4.78 is 10.2. The predicted molar refractivity (Wildman–Crippen MR) is 162 cm³/mol. The lowest BCUT2D eigenvalue weighted by molar-refractivity contribution is -0.818. The molecule has 0 aliphatic carbocycles. The Morgan fingerprint density at radius 2 is 0.881 bits per heavy atom. The Hall–Kier alpha value is -7.88. The van der Waals surface area contributed by atoms with Crippen molar-refractivity contribution in [1.29, 1.82) is 0 Å². The summed E-state index contributed by atoms with van der Waals surface area (Å²) in [5.74, 6) is 0. The normalized spacial score (nSPS) is 17.8. The van der Waals surface area contributed by atoms with Crippen LogP contribution in [0.25, 0.3) is 0 Å². The van der Waals surface area contributed by atoms with Crippen molar-refractivity contribution in [2.24, 2.45) is 5.34 Å². The second-order valence-corrected chi connectivity index (χ2v) is 9.71. The summed E-state index contributed by atoms with van der Waals surface area (Å²) in [5, 5.41) is 80.8. The summed E-state index contributed by atoms with van der Waals surface area (Å²) in [6.45, 7) is -1.52. The van der Waals surface area contributed by atoms with Crippen molar-refractivity contribution < 1.29 is 104 Å². The van der Waals surface area contributed by atoms with E-state index in [1.54, 1.807) is 0 Å². The monoisotopic (exact) mass is 882 g/mol. The molecule has 41 heteroatoms. The van der Waals surface area contributed by atoms with Gasteiger partial charge in [-0.15, -0.1) is 95.9 Å². The molecule has 0 spiro atoms. The Balaban J connectivity index is 0. The van der Waals surface area contributed by atoms with Gasteiger partial charge in [0.05, 0.1) is 13.2 Å². The number of rotatable bonds is 28. The van der Waals surface area contributed by atoms with E-state index in [-0.39, 0.29) is 13.2 Å². The number of fused-ring (bicyclic) bond motifs is 1.